The van der Waals surface area contributed by atoms with Crippen molar-refractivity contribution in [1.29, 1.82) is 0 Å². The summed E-state index contributed by atoms with van der Waals surface area (Å²) in [4.78, 5) is 11.6. The lowest BCUT2D eigenvalue weighted by Gasteiger charge is -2.18. The first-order valence-corrected chi connectivity index (χ1v) is 6.33. The topological polar surface area (TPSA) is 17.1 Å². The smallest absolute Gasteiger partial charge is 0.298 e. The van der Waals surface area contributed by atoms with E-state index in [0.717, 1.165) is 17.8 Å². The fourth-order valence-electron chi connectivity index (χ4n) is 1.43. The third kappa shape index (κ3) is 3.16. The maximum atomic E-state index is 12.8. The summed E-state index contributed by atoms with van der Waals surface area (Å²) in [5, 5.41) is -1.27. The molecule has 0 saturated carbocycles. The van der Waals surface area contributed by atoms with Crippen molar-refractivity contribution in [3.05, 3.63) is 29.3 Å². The van der Waals surface area contributed by atoms with Crippen molar-refractivity contribution in [2.75, 3.05) is 6.26 Å². The van der Waals surface area contributed by atoms with E-state index in [1.54, 1.807) is 6.26 Å². The highest BCUT2D eigenvalue weighted by atomic mass is 35.5. The number of ketones is 1. The summed E-state index contributed by atoms with van der Waals surface area (Å²) >= 11 is 6.91. The lowest BCUT2D eigenvalue weighted by Crippen LogP contribution is -2.14. The zero-order valence-corrected chi connectivity index (χ0v) is 10.7. The fraction of sp³-hybridized carbons (Fsp3) is 0.364. The average molecular weight is 283 g/mol. The van der Waals surface area contributed by atoms with E-state index < -0.39 is 22.9 Å². The molecule has 0 aliphatic carbocycles. The van der Waals surface area contributed by atoms with Crippen LogP contribution in [0, 0.1) is 0 Å². The largest absolute Gasteiger partial charge is 0.416 e. The van der Waals surface area contributed by atoms with Gasteiger partial charge in [-0.15, -0.1) is 23.4 Å². The van der Waals surface area contributed by atoms with Crippen LogP contribution in [0.15, 0.2) is 23.1 Å². The summed E-state index contributed by atoms with van der Waals surface area (Å²) in [7, 11) is 0. The summed E-state index contributed by atoms with van der Waals surface area (Å²) in [6.07, 6.45) is -2.87. The lowest BCUT2D eigenvalue weighted by molar-refractivity contribution is -0.138. The van der Waals surface area contributed by atoms with Crippen LogP contribution in [0.5, 0.6) is 0 Å². The molecular weight excluding hydrogens is 273 g/mol. The van der Waals surface area contributed by atoms with Crippen LogP contribution in [0.25, 0.3) is 0 Å². The van der Waals surface area contributed by atoms with E-state index in [4.69, 9.17) is 11.6 Å². The third-order valence-electron chi connectivity index (χ3n) is 2.20. The highest BCUT2D eigenvalue weighted by Crippen LogP contribution is 2.41. The minimum atomic E-state index is -4.51. The van der Waals surface area contributed by atoms with Crippen LogP contribution in [0.2, 0.25) is 0 Å². The van der Waals surface area contributed by atoms with Crippen molar-refractivity contribution in [3.63, 3.8) is 0 Å². The molecule has 1 rings (SSSR count). The Morgan fingerprint density at radius 2 is 2.00 bits per heavy atom. The molecule has 0 heterocycles. The molecule has 0 aromatic heterocycles. The van der Waals surface area contributed by atoms with Gasteiger partial charge >= 0.3 is 6.18 Å². The Kier molecular flexibility index (Phi) is 4.49. The molecule has 1 nitrogen and oxygen atoms in total. The van der Waals surface area contributed by atoms with Crippen LogP contribution in [0.4, 0.5) is 13.2 Å². The van der Waals surface area contributed by atoms with Gasteiger partial charge in [-0.1, -0.05) is 6.07 Å². The molecule has 6 heteroatoms. The lowest BCUT2D eigenvalue weighted by atomic mass is 10.0. The number of alkyl halides is 4. The van der Waals surface area contributed by atoms with Gasteiger partial charge in [-0.05, 0) is 25.3 Å². The number of thioether (sulfide) groups is 1. The Bertz CT molecular complexity index is 431. The minimum Gasteiger partial charge on any atom is -0.298 e. The van der Waals surface area contributed by atoms with Crippen molar-refractivity contribution >= 4 is 29.1 Å². The summed E-state index contributed by atoms with van der Waals surface area (Å²) in [6, 6.07) is 3.77. The van der Waals surface area contributed by atoms with Gasteiger partial charge < -0.3 is 0 Å². The van der Waals surface area contributed by atoms with Gasteiger partial charge in [0, 0.05) is 10.5 Å². The van der Waals surface area contributed by atoms with Gasteiger partial charge in [0.2, 0.25) is 0 Å². The molecule has 0 aliphatic heterocycles. The Morgan fingerprint density at radius 3 is 2.41 bits per heavy atom. The van der Waals surface area contributed by atoms with Crippen LogP contribution in [-0.4, -0.2) is 12.0 Å². The zero-order chi connectivity index (χ0) is 13.2. The number of halogens is 4. The predicted molar refractivity (Wildman–Crippen MR) is 62.5 cm³/mol. The van der Waals surface area contributed by atoms with Crippen LogP contribution in [-0.2, 0) is 11.0 Å². The number of benzene rings is 1. The standard InChI is InChI=1S/C11H10ClF3OS/c1-6(16)10(12)9-7(11(13,14)15)4-3-5-8(9)17-2/h3-5,10H,1-2H3. The molecule has 1 aromatic rings. The first-order chi connectivity index (χ1) is 7.79. The molecule has 94 valence electrons. The molecule has 17 heavy (non-hydrogen) atoms. The van der Waals surface area contributed by atoms with E-state index >= 15 is 0 Å². The number of rotatable bonds is 3. The van der Waals surface area contributed by atoms with Gasteiger partial charge in [0.25, 0.3) is 0 Å². The third-order valence-corrected chi connectivity index (χ3v) is 3.52. The molecule has 1 aromatic carbocycles. The number of hydrogen-bond donors (Lipinski definition) is 0. The molecule has 0 spiro atoms. The SMILES string of the molecule is CSc1cccc(C(F)(F)F)c1C(Cl)C(C)=O. The number of Topliss-reactive ketones (excluding diaryl/α,β-unsaturated/α-hetero) is 1. The van der Waals surface area contributed by atoms with Crippen LogP contribution < -0.4 is 0 Å². The van der Waals surface area contributed by atoms with Crippen LogP contribution in [0.1, 0.15) is 23.4 Å². The predicted octanol–water partition coefficient (Wildman–Crippen LogP) is 4.30. The molecule has 0 fully saturated rings. The second kappa shape index (κ2) is 5.31. The van der Waals surface area contributed by atoms with Gasteiger partial charge in [-0.2, -0.15) is 13.2 Å². The zero-order valence-electron chi connectivity index (χ0n) is 9.14. The van der Waals surface area contributed by atoms with E-state index in [0.29, 0.717) is 4.90 Å². The van der Waals surface area contributed by atoms with Gasteiger partial charge in [-0.25, -0.2) is 0 Å². The Labute approximate surface area is 106 Å². The summed E-state index contributed by atoms with van der Waals surface area (Å²) in [5.41, 5.74) is -0.999. The van der Waals surface area contributed by atoms with Crippen molar-refractivity contribution in [2.45, 2.75) is 23.4 Å². The average Bonchev–Trinajstić information content (AvgIpc) is 2.25. The number of carbonyl (C=O) groups excluding carboxylic acids is 1. The molecule has 0 amide bonds. The fourth-order valence-corrected chi connectivity index (χ4v) is 2.40. The summed E-state index contributed by atoms with van der Waals surface area (Å²) < 4.78 is 38.4. The van der Waals surface area contributed by atoms with Gasteiger partial charge in [0.15, 0.2) is 5.78 Å². The van der Waals surface area contributed by atoms with Crippen molar-refractivity contribution in [3.8, 4) is 0 Å². The molecule has 0 bridgehead atoms. The highest BCUT2D eigenvalue weighted by molar-refractivity contribution is 7.98. The number of carbonyl (C=O) groups is 1. The maximum absolute atomic E-state index is 12.8. The van der Waals surface area contributed by atoms with E-state index in [1.807, 2.05) is 0 Å². The van der Waals surface area contributed by atoms with E-state index in [1.165, 1.54) is 19.1 Å². The quantitative estimate of drug-likeness (QED) is 0.607. The highest BCUT2D eigenvalue weighted by Gasteiger charge is 2.36. The van der Waals surface area contributed by atoms with Crippen LogP contribution in [0.3, 0.4) is 0 Å². The molecular formula is C11H10ClF3OS. The van der Waals surface area contributed by atoms with E-state index in [-0.39, 0.29) is 5.56 Å². The first kappa shape index (κ1) is 14.4. The summed E-state index contributed by atoms with van der Waals surface area (Å²) in [5.74, 6) is -0.501. The second-order valence-electron chi connectivity index (χ2n) is 3.39. The van der Waals surface area contributed by atoms with Gasteiger partial charge in [0.05, 0.1) is 5.56 Å². The van der Waals surface area contributed by atoms with Gasteiger partial charge in [0.1, 0.15) is 5.38 Å². The molecule has 0 saturated heterocycles. The molecule has 1 unspecified atom stereocenters. The minimum absolute atomic E-state index is 0.151. The molecule has 1 atom stereocenters. The van der Waals surface area contributed by atoms with Crippen molar-refractivity contribution in [1.82, 2.24) is 0 Å². The molecule has 0 radical (unpaired) electrons. The Balaban J connectivity index is 3.46. The number of hydrogen-bond acceptors (Lipinski definition) is 2. The van der Waals surface area contributed by atoms with Gasteiger partial charge in [-0.3, -0.25) is 4.79 Å². The van der Waals surface area contributed by atoms with E-state index in [9.17, 15) is 18.0 Å². The monoisotopic (exact) mass is 282 g/mol. The first-order valence-electron chi connectivity index (χ1n) is 4.67. The van der Waals surface area contributed by atoms with Crippen molar-refractivity contribution < 1.29 is 18.0 Å². The van der Waals surface area contributed by atoms with E-state index in [2.05, 4.69) is 0 Å². The molecule has 0 N–H and O–H groups in total. The Hall–Kier alpha value is -0.680. The molecule has 0 aliphatic rings. The normalized spacial score (nSPS) is 13.5. The van der Waals surface area contributed by atoms with Crippen LogP contribution >= 0.6 is 23.4 Å². The summed E-state index contributed by atoms with van der Waals surface area (Å²) in [6.45, 7) is 1.18. The Morgan fingerprint density at radius 1 is 1.41 bits per heavy atom. The van der Waals surface area contributed by atoms with Crippen molar-refractivity contribution in [2.24, 2.45) is 0 Å². The second-order valence-corrected chi connectivity index (χ2v) is 4.68. The maximum Gasteiger partial charge on any atom is 0.416 e.